The van der Waals surface area contributed by atoms with Crippen molar-refractivity contribution in [1.29, 1.82) is 0 Å². The maximum Gasteiger partial charge on any atom is 0.270 e. The first-order valence-electron chi connectivity index (χ1n) is 7.73. The minimum absolute atomic E-state index is 0.0441. The molecule has 1 aliphatic rings. The number of benzene rings is 2. The zero-order valence-electron chi connectivity index (χ0n) is 13.1. The number of halogens is 1. The molecule has 0 N–H and O–H groups in total. The van der Waals surface area contributed by atoms with Gasteiger partial charge < -0.3 is 0 Å². The maximum atomic E-state index is 14.4. The number of carbonyl (C=O) groups is 1. The molecule has 2 aromatic carbocycles. The van der Waals surface area contributed by atoms with E-state index < -0.39 is 12.3 Å². The molecule has 1 amide bonds. The summed E-state index contributed by atoms with van der Waals surface area (Å²) in [6.07, 6.45) is 0.924. The normalized spacial score (nSPS) is 21.2. The summed E-state index contributed by atoms with van der Waals surface area (Å²) in [4.78, 5) is 18.0. The summed E-state index contributed by atoms with van der Waals surface area (Å²) in [5.41, 5.74) is 1.91. The average molecular weight is 323 g/mol. The summed E-state index contributed by atoms with van der Waals surface area (Å²) < 4.78 is 14.4. The Morgan fingerprint density at radius 2 is 1.75 bits per heavy atom. The predicted molar refractivity (Wildman–Crippen MR) is 91.5 cm³/mol. The largest absolute Gasteiger partial charge is 0.270 e. The van der Waals surface area contributed by atoms with Crippen molar-refractivity contribution in [2.24, 2.45) is 0 Å². The molecule has 0 saturated carbocycles. The molecule has 1 heterocycles. The summed E-state index contributed by atoms with van der Waals surface area (Å²) in [7, 11) is 0. The third kappa shape index (κ3) is 3.60. The molecule has 0 aromatic heterocycles. The monoisotopic (exact) mass is 323 g/mol. The first kappa shape index (κ1) is 16.1. The number of carbonyl (C=O) groups excluding carboxylic acids is 1. The molecular formula is C20H18FNO2. The van der Waals surface area contributed by atoms with E-state index in [1.54, 1.807) is 18.2 Å². The molecule has 122 valence electrons. The van der Waals surface area contributed by atoms with Gasteiger partial charge in [-0.2, -0.15) is 0 Å². The number of hydrogen-bond acceptors (Lipinski definition) is 2. The van der Waals surface area contributed by atoms with Gasteiger partial charge in [0, 0.05) is 6.08 Å². The van der Waals surface area contributed by atoms with Crippen molar-refractivity contribution in [3.05, 3.63) is 90.0 Å². The lowest BCUT2D eigenvalue weighted by molar-refractivity contribution is -0.222. The van der Waals surface area contributed by atoms with Crippen LogP contribution in [-0.4, -0.2) is 23.7 Å². The zero-order valence-corrected chi connectivity index (χ0v) is 13.1. The molecule has 0 bridgehead atoms. The van der Waals surface area contributed by atoms with Crippen LogP contribution in [0, 0.1) is 0 Å². The van der Waals surface area contributed by atoms with E-state index in [4.69, 9.17) is 4.84 Å². The van der Waals surface area contributed by atoms with Crippen molar-refractivity contribution in [3.63, 3.8) is 0 Å². The molecule has 3 rings (SSSR count). The lowest BCUT2D eigenvalue weighted by Crippen LogP contribution is -2.42. The molecule has 4 heteroatoms. The fourth-order valence-corrected chi connectivity index (χ4v) is 2.53. The van der Waals surface area contributed by atoms with E-state index in [1.807, 2.05) is 48.5 Å². The van der Waals surface area contributed by atoms with Crippen molar-refractivity contribution in [2.75, 3.05) is 6.54 Å². The fraction of sp³-hybridized carbons (Fsp3) is 0.150. The van der Waals surface area contributed by atoms with Gasteiger partial charge in [0.15, 0.2) is 6.17 Å². The average Bonchev–Trinajstić information content (AvgIpc) is 2.63. The third-order valence-corrected chi connectivity index (χ3v) is 3.84. The second kappa shape index (κ2) is 7.23. The highest BCUT2D eigenvalue weighted by molar-refractivity contribution is 5.91. The Bertz CT molecular complexity index is 743. The van der Waals surface area contributed by atoms with Crippen LogP contribution in [0.2, 0.25) is 0 Å². The summed E-state index contributed by atoms with van der Waals surface area (Å²) >= 11 is 0. The van der Waals surface area contributed by atoms with Gasteiger partial charge in [0.1, 0.15) is 6.10 Å². The van der Waals surface area contributed by atoms with Crippen LogP contribution in [0.4, 0.5) is 4.39 Å². The van der Waals surface area contributed by atoms with Crippen LogP contribution < -0.4 is 0 Å². The summed E-state index contributed by atoms with van der Waals surface area (Å²) in [5.74, 6) is -0.340. The van der Waals surface area contributed by atoms with E-state index in [0.29, 0.717) is 11.1 Å². The number of nitrogens with zero attached hydrogens (tertiary/aromatic N) is 1. The zero-order chi connectivity index (χ0) is 16.9. The van der Waals surface area contributed by atoms with E-state index in [1.165, 1.54) is 6.08 Å². The van der Waals surface area contributed by atoms with Gasteiger partial charge in [-0.3, -0.25) is 9.63 Å². The van der Waals surface area contributed by atoms with Gasteiger partial charge in [-0.25, -0.2) is 9.45 Å². The smallest absolute Gasteiger partial charge is 0.267 e. The van der Waals surface area contributed by atoms with E-state index >= 15 is 0 Å². The number of alkyl halides is 1. The molecule has 0 unspecified atom stereocenters. The predicted octanol–water partition coefficient (Wildman–Crippen LogP) is 4.11. The van der Waals surface area contributed by atoms with Gasteiger partial charge >= 0.3 is 0 Å². The van der Waals surface area contributed by atoms with Crippen LogP contribution in [0.1, 0.15) is 17.2 Å². The maximum absolute atomic E-state index is 14.4. The first-order valence-corrected chi connectivity index (χ1v) is 7.73. The first-order chi connectivity index (χ1) is 11.6. The lowest BCUT2D eigenvalue weighted by Gasteiger charge is -2.35. The van der Waals surface area contributed by atoms with Crippen LogP contribution in [0.15, 0.2) is 78.9 Å². The molecule has 1 aliphatic heterocycles. The number of rotatable bonds is 3. The highest BCUT2D eigenvalue weighted by atomic mass is 19.1. The molecule has 2 aromatic rings. The fourth-order valence-electron chi connectivity index (χ4n) is 2.53. The Hall–Kier alpha value is -2.72. The van der Waals surface area contributed by atoms with Crippen LogP contribution in [0.3, 0.4) is 0 Å². The Kier molecular flexibility index (Phi) is 4.87. The molecule has 0 radical (unpaired) electrons. The van der Waals surface area contributed by atoms with Gasteiger partial charge in [-0.15, -0.1) is 0 Å². The number of hydrogen-bond donors (Lipinski definition) is 0. The van der Waals surface area contributed by atoms with Crippen molar-refractivity contribution in [1.82, 2.24) is 5.06 Å². The van der Waals surface area contributed by atoms with Gasteiger partial charge in [0.05, 0.1) is 6.54 Å². The molecule has 1 saturated heterocycles. The van der Waals surface area contributed by atoms with Gasteiger partial charge in [0.2, 0.25) is 0 Å². The van der Waals surface area contributed by atoms with E-state index in [0.717, 1.165) is 10.6 Å². The van der Waals surface area contributed by atoms with Crippen molar-refractivity contribution >= 4 is 12.0 Å². The number of amides is 1. The Labute approximate surface area is 140 Å². The van der Waals surface area contributed by atoms with Crippen LogP contribution in [0.5, 0.6) is 0 Å². The third-order valence-electron chi connectivity index (χ3n) is 3.84. The molecule has 1 fully saturated rings. The SMILES string of the molecule is C=C1CN(C(=O)/C=C/c2ccccc2)O[C@@H](c2ccccc2)[C@@H]1F. The van der Waals surface area contributed by atoms with Crippen LogP contribution in [0.25, 0.3) is 6.08 Å². The minimum atomic E-state index is -1.34. The molecule has 0 spiro atoms. The Morgan fingerprint density at radius 3 is 2.42 bits per heavy atom. The minimum Gasteiger partial charge on any atom is -0.267 e. The van der Waals surface area contributed by atoms with Crippen LogP contribution >= 0.6 is 0 Å². The Balaban J connectivity index is 1.75. The second-order valence-electron chi connectivity index (χ2n) is 5.62. The molecule has 24 heavy (non-hydrogen) atoms. The summed E-state index contributed by atoms with van der Waals surface area (Å²) in [5, 5.41) is 1.16. The summed E-state index contributed by atoms with van der Waals surface area (Å²) in [6, 6.07) is 18.5. The van der Waals surface area contributed by atoms with Gasteiger partial charge in [0.25, 0.3) is 5.91 Å². The van der Waals surface area contributed by atoms with Crippen LogP contribution in [-0.2, 0) is 9.63 Å². The van der Waals surface area contributed by atoms with Gasteiger partial charge in [-0.05, 0) is 22.8 Å². The Morgan fingerprint density at radius 1 is 1.12 bits per heavy atom. The molecule has 3 nitrogen and oxygen atoms in total. The van der Waals surface area contributed by atoms with E-state index in [-0.39, 0.29) is 12.5 Å². The lowest BCUT2D eigenvalue weighted by atomic mass is 9.99. The molecule has 2 atom stereocenters. The topological polar surface area (TPSA) is 29.5 Å². The van der Waals surface area contributed by atoms with E-state index in [2.05, 4.69) is 6.58 Å². The van der Waals surface area contributed by atoms with Crippen molar-refractivity contribution in [2.45, 2.75) is 12.3 Å². The standard InChI is InChI=1S/C20H18FNO2/c1-15-14-22(18(23)13-12-16-8-4-2-5-9-16)24-20(19(15)21)17-10-6-3-7-11-17/h2-13,19-20H,1,14H2/b13-12+/t19-,20+/m1/s1. The highest BCUT2D eigenvalue weighted by Gasteiger charge is 2.36. The van der Waals surface area contributed by atoms with E-state index in [9.17, 15) is 9.18 Å². The molecule has 0 aliphatic carbocycles. The quantitative estimate of drug-likeness (QED) is 0.628. The highest BCUT2D eigenvalue weighted by Crippen LogP contribution is 2.33. The van der Waals surface area contributed by atoms with Crippen molar-refractivity contribution in [3.8, 4) is 0 Å². The molecular weight excluding hydrogens is 305 g/mol. The number of hydroxylamine groups is 2. The summed E-state index contributed by atoms with van der Waals surface area (Å²) in [6.45, 7) is 3.79. The second-order valence-corrected chi connectivity index (χ2v) is 5.62. The van der Waals surface area contributed by atoms with Gasteiger partial charge in [-0.1, -0.05) is 67.2 Å². The van der Waals surface area contributed by atoms with Crippen molar-refractivity contribution < 1.29 is 14.0 Å².